The highest BCUT2D eigenvalue weighted by atomic mass is 16.7. The summed E-state index contributed by atoms with van der Waals surface area (Å²) in [6.45, 7) is 28.4. The Morgan fingerprint density at radius 1 is 0.962 bits per heavy atom. The van der Waals surface area contributed by atoms with Gasteiger partial charge in [-0.25, -0.2) is 0 Å². The average molecular weight is 1120 g/mol. The summed E-state index contributed by atoms with van der Waals surface area (Å²) in [6, 6.07) is 6.64. The third-order valence-corrected chi connectivity index (χ3v) is 15.7. The molecule has 4 N–H and O–H groups in total. The first-order valence-electron chi connectivity index (χ1n) is 29.1. The normalized spacial score (nSPS) is 25.2. The molecule has 2 aliphatic rings. The Balaban J connectivity index is 1.79. The topological polar surface area (TPSA) is 218 Å². The van der Waals surface area contributed by atoms with Crippen molar-refractivity contribution in [3.8, 4) is 0 Å². The van der Waals surface area contributed by atoms with Gasteiger partial charge in [-0.2, -0.15) is 0 Å². The summed E-state index contributed by atoms with van der Waals surface area (Å²) in [4.78, 5) is 49.0. The third kappa shape index (κ3) is 21.5. The minimum atomic E-state index is -1.71. The molecule has 19 nitrogen and oxygen atoms in total. The molecule has 3 rings (SSSR count). The summed E-state index contributed by atoms with van der Waals surface area (Å²) >= 11 is 0. The number of aliphatic hydroxyl groups is 2. The quantitative estimate of drug-likeness (QED) is 0.0125. The van der Waals surface area contributed by atoms with Crippen LogP contribution in [-0.2, 0) is 63.5 Å². The maximum atomic E-state index is 14.5. The molecule has 1 aromatic rings. The third-order valence-electron chi connectivity index (χ3n) is 15.7. The number of carbonyl (C=O) groups is 3. The molecule has 0 radical (unpaired) electrons. The molecule has 2 saturated heterocycles. The average Bonchev–Trinajstić information content (AvgIpc) is 3.41. The van der Waals surface area contributed by atoms with E-state index in [1.54, 1.807) is 47.1 Å². The van der Waals surface area contributed by atoms with E-state index in [-0.39, 0.29) is 74.4 Å². The number of hydrogen-bond donors (Lipinski definition) is 4. The van der Waals surface area contributed by atoms with E-state index in [0.717, 1.165) is 24.2 Å². The van der Waals surface area contributed by atoms with Crippen LogP contribution in [0.4, 0.5) is 11.4 Å². The monoisotopic (exact) mass is 1120 g/mol. The number of anilines is 2. The lowest BCUT2D eigenvalue weighted by atomic mass is 9.77. The van der Waals surface area contributed by atoms with Gasteiger partial charge in [0.1, 0.15) is 17.8 Å². The molecule has 2 fully saturated rings. The second kappa shape index (κ2) is 34.0. The Labute approximate surface area is 474 Å². The summed E-state index contributed by atoms with van der Waals surface area (Å²) in [5.41, 5.74) is 0.528. The van der Waals surface area contributed by atoms with Crippen LogP contribution in [0, 0.1) is 23.7 Å². The number of ketones is 1. The Morgan fingerprint density at radius 3 is 2.27 bits per heavy atom. The van der Waals surface area contributed by atoms with Crippen LogP contribution >= 0.6 is 0 Å². The van der Waals surface area contributed by atoms with Crippen molar-refractivity contribution in [1.29, 1.82) is 0 Å². The molecule has 0 bridgehead atoms. The van der Waals surface area contributed by atoms with Gasteiger partial charge in [-0.05, 0) is 150 Å². The summed E-state index contributed by atoms with van der Waals surface area (Å²) in [5.74, 6) is -2.62. The van der Waals surface area contributed by atoms with Crippen molar-refractivity contribution in [3.05, 3.63) is 36.0 Å². The van der Waals surface area contributed by atoms with Crippen LogP contribution in [0.25, 0.3) is 0 Å². The lowest BCUT2D eigenvalue weighted by Gasteiger charge is -2.47. The highest BCUT2D eigenvalue weighted by molar-refractivity contribution is 5.87. The Hall–Kier alpha value is -3.76. The zero-order valence-electron chi connectivity index (χ0n) is 51.5. The molecule has 16 atom stereocenters. The van der Waals surface area contributed by atoms with Crippen LogP contribution < -0.4 is 15.5 Å². The fraction of sp³-hybridized carbons (Fsp3) is 0.800. The first-order valence-corrected chi connectivity index (χ1v) is 29.1. The molecule has 7 unspecified atom stereocenters. The van der Waals surface area contributed by atoms with Crippen LogP contribution in [0.2, 0.25) is 0 Å². The van der Waals surface area contributed by atoms with E-state index < -0.39 is 78.0 Å². The first kappa shape index (κ1) is 69.5. The smallest absolute Gasteiger partial charge is 0.311 e. The Bertz CT molecular complexity index is 2010. The van der Waals surface area contributed by atoms with E-state index in [1.165, 1.54) is 19.6 Å². The molecular formula is C60H105N5O14. The van der Waals surface area contributed by atoms with Crippen molar-refractivity contribution >= 4 is 35.3 Å². The molecule has 1 aromatic carbocycles. The lowest BCUT2D eigenvalue weighted by Crippen LogP contribution is -2.56. The number of nitrogens with one attached hydrogen (secondary N) is 2. The molecule has 0 aliphatic carbocycles. The summed E-state index contributed by atoms with van der Waals surface area (Å²) in [5, 5.41) is 33.2. The van der Waals surface area contributed by atoms with Gasteiger partial charge in [-0.3, -0.25) is 14.4 Å². The molecule has 0 spiro atoms. The zero-order valence-corrected chi connectivity index (χ0v) is 51.5. The number of esters is 2. The number of rotatable bonds is 36. The number of hydrogen-bond acceptors (Lipinski definition) is 19. The number of benzene rings is 1. The second-order valence-electron chi connectivity index (χ2n) is 23.1. The van der Waals surface area contributed by atoms with E-state index in [4.69, 9.17) is 42.7 Å². The van der Waals surface area contributed by atoms with Gasteiger partial charge < -0.3 is 73.4 Å². The minimum Gasteiger partial charge on any atom is -0.459 e. The molecular weight excluding hydrogens is 1010 g/mol. The first-order chi connectivity index (χ1) is 37.3. The standard InChI is InChI=1S/C60H105N5O14/c1-19-46-32-47(22-23-50(46)65(38(4)5)29-25-41(8)66)62-28-27-61-26-24-53(68)78-55-40(7)30-49(76-45(55)12)36-73-56(44(11)58(69)77-52(21-3)60(14,70)51(67)20-2)43(10)57(79-54-33-48(64(15)16)31-42(9)75-54)59(13,72-18)34-39(6)35-63-74-37-71-17/h22-23,25,29,32,35,38-40,42-45,48-49,51-52,54-57,61-62,67,70H,19-21,24,26-28,30-31,33-34,36-37H2,1-18H3/b29-25-,63-35-/t39-,40?,42?,43+,44?,45?,48?,49-,51-,52-,54?,55-,56+,57-,59?,60+/m1/s1. The van der Waals surface area contributed by atoms with Gasteiger partial charge in [0.15, 0.2) is 12.1 Å². The van der Waals surface area contributed by atoms with Gasteiger partial charge in [0, 0.05) is 82.1 Å². The molecule has 0 aromatic heterocycles. The maximum Gasteiger partial charge on any atom is 0.311 e. The lowest BCUT2D eigenvalue weighted by molar-refractivity contribution is -0.273. The number of oxime groups is 1. The van der Waals surface area contributed by atoms with E-state index in [2.05, 4.69) is 58.5 Å². The maximum absolute atomic E-state index is 14.5. The van der Waals surface area contributed by atoms with E-state index in [0.29, 0.717) is 38.9 Å². The van der Waals surface area contributed by atoms with E-state index in [9.17, 15) is 24.6 Å². The van der Waals surface area contributed by atoms with E-state index >= 15 is 0 Å². The van der Waals surface area contributed by atoms with Crippen molar-refractivity contribution in [3.63, 3.8) is 0 Å². The van der Waals surface area contributed by atoms with Crippen LogP contribution in [0.1, 0.15) is 147 Å². The summed E-state index contributed by atoms with van der Waals surface area (Å²) in [6.07, 6.45) is 3.30. The number of allylic oxidation sites excluding steroid dienone is 1. The van der Waals surface area contributed by atoms with Crippen molar-refractivity contribution in [2.75, 3.05) is 71.6 Å². The second-order valence-corrected chi connectivity index (χ2v) is 23.1. The highest BCUT2D eigenvalue weighted by Crippen LogP contribution is 2.39. The Kier molecular flexibility index (Phi) is 29.9. The van der Waals surface area contributed by atoms with Crippen LogP contribution in [0.5, 0.6) is 0 Å². The van der Waals surface area contributed by atoms with E-state index in [1.807, 2.05) is 67.9 Å². The van der Waals surface area contributed by atoms with Gasteiger partial charge in [-0.1, -0.05) is 46.7 Å². The van der Waals surface area contributed by atoms with Gasteiger partial charge in [0.05, 0.1) is 61.2 Å². The molecule has 0 amide bonds. The van der Waals surface area contributed by atoms with Gasteiger partial charge in [-0.15, -0.1) is 0 Å². The predicted octanol–water partition coefficient (Wildman–Crippen LogP) is 8.06. The van der Waals surface area contributed by atoms with Gasteiger partial charge >= 0.3 is 11.9 Å². The molecule has 2 heterocycles. The van der Waals surface area contributed by atoms with Gasteiger partial charge in [0.25, 0.3) is 0 Å². The number of methoxy groups -OCH3 is 2. The van der Waals surface area contributed by atoms with Crippen molar-refractivity contribution in [1.82, 2.24) is 10.2 Å². The molecule has 2 aliphatic heterocycles. The van der Waals surface area contributed by atoms with Crippen LogP contribution in [0.15, 0.2) is 35.6 Å². The zero-order chi connectivity index (χ0) is 59.2. The largest absolute Gasteiger partial charge is 0.459 e. The molecule has 79 heavy (non-hydrogen) atoms. The summed E-state index contributed by atoms with van der Waals surface area (Å²) in [7, 11) is 7.27. The number of nitrogens with zero attached hydrogens (tertiary/aromatic N) is 3. The molecule has 454 valence electrons. The highest BCUT2D eigenvalue weighted by Gasteiger charge is 2.49. The predicted molar refractivity (Wildman–Crippen MR) is 309 cm³/mol. The van der Waals surface area contributed by atoms with Crippen molar-refractivity contribution in [2.45, 2.75) is 227 Å². The number of aryl methyl sites for hydroxylation is 1. The minimum absolute atomic E-state index is 0.00229. The van der Waals surface area contributed by atoms with Crippen molar-refractivity contribution < 1.29 is 67.3 Å². The molecule has 19 heteroatoms. The fourth-order valence-electron chi connectivity index (χ4n) is 11.1. The number of carbonyl (C=O) groups excluding carboxylic acids is 3. The molecule has 0 saturated carbocycles. The van der Waals surface area contributed by atoms with Gasteiger partial charge in [0.2, 0.25) is 6.79 Å². The number of ether oxygens (including phenoxy) is 8. The summed E-state index contributed by atoms with van der Waals surface area (Å²) < 4.78 is 50.7. The van der Waals surface area contributed by atoms with Crippen LogP contribution in [-0.4, -0.2) is 179 Å². The van der Waals surface area contributed by atoms with Crippen molar-refractivity contribution in [2.24, 2.45) is 28.8 Å². The Morgan fingerprint density at radius 2 is 1.67 bits per heavy atom. The van der Waals surface area contributed by atoms with Crippen LogP contribution in [0.3, 0.4) is 0 Å². The fourth-order valence-corrected chi connectivity index (χ4v) is 11.1. The number of aliphatic hydroxyl groups excluding tert-OH is 1. The SMILES string of the molecule is CCc1cc(NCCNCCC(=O)O[C@@H]2C(C)C[C@H](CO[C@H](C(C)C(=O)O[C@H](CC)[C@@](C)(O)[C@H](O)CC)[C@H](C)[C@@H](OC3CC(N(C)C)CC(C)O3)C(C)(C[C@@H](C)/C=N\OCOC)OC)OC2C)ccc1N(/C=C\C(C)=O)C(C)C.